The van der Waals surface area contributed by atoms with Gasteiger partial charge in [-0.15, -0.1) is 0 Å². The first-order chi connectivity index (χ1) is 9.22. The molecule has 1 aromatic rings. The van der Waals surface area contributed by atoms with Gasteiger partial charge in [-0.1, -0.05) is 25.1 Å². The van der Waals surface area contributed by atoms with Gasteiger partial charge in [0.25, 0.3) is 5.91 Å². The van der Waals surface area contributed by atoms with Gasteiger partial charge >= 0.3 is 0 Å². The van der Waals surface area contributed by atoms with Crippen LogP contribution in [0.25, 0.3) is 0 Å². The molecule has 1 saturated heterocycles. The van der Waals surface area contributed by atoms with Crippen LogP contribution in [0.3, 0.4) is 0 Å². The quantitative estimate of drug-likeness (QED) is 0.882. The highest BCUT2D eigenvalue weighted by Gasteiger charge is 2.21. The minimum atomic E-state index is 0.0516. The molecule has 3 nitrogen and oxygen atoms in total. The van der Waals surface area contributed by atoms with Gasteiger partial charge in [-0.05, 0) is 50.9 Å². The second-order valence-electron chi connectivity index (χ2n) is 5.33. The fourth-order valence-electron chi connectivity index (χ4n) is 2.77. The summed E-state index contributed by atoms with van der Waals surface area (Å²) in [6.07, 6.45) is 3.68. The van der Waals surface area contributed by atoms with Crippen molar-refractivity contribution in [3.8, 4) is 0 Å². The fourth-order valence-corrected chi connectivity index (χ4v) is 2.77. The predicted octanol–water partition coefficient (Wildman–Crippen LogP) is 2.60. The molecule has 0 bridgehead atoms. The Morgan fingerprint density at radius 2 is 2.00 bits per heavy atom. The molecule has 0 spiro atoms. The predicted molar refractivity (Wildman–Crippen MR) is 78.4 cm³/mol. The Labute approximate surface area is 116 Å². The second-order valence-corrected chi connectivity index (χ2v) is 5.33. The number of carbonyl (C=O) groups excluding carboxylic acids is 1. The largest absolute Gasteiger partial charge is 0.350 e. The van der Waals surface area contributed by atoms with E-state index in [1.807, 2.05) is 31.2 Å². The third-order valence-corrected chi connectivity index (χ3v) is 4.02. The third-order valence-electron chi connectivity index (χ3n) is 4.02. The van der Waals surface area contributed by atoms with Gasteiger partial charge in [-0.2, -0.15) is 0 Å². The number of likely N-dealkylation sites (tertiary alicyclic amines) is 1. The van der Waals surface area contributed by atoms with Gasteiger partial charge < -0.3 is 5.32 Å². The van der Waals surface area contributed by atoms with Crippen LogP contribution >= 0.6 is 0 Å². The normalized spacial score (nSPS) is 17.4. The molecular formula is C16H24N2O. The first kappa shape index (κ1) is 14.1. The zero-order valence-electron chi connectivity index (χ0n) is 12.0. The highest BCUT2D eigenvalue weighted by molar-refractivity contribution is 5.95. The molecule has 104 valence electrons. The van der Waals surface area contributed by atoms with E-state index >= 15 is 0 Å². The maximum Gasteiger partial charge on any atom is 0.251 e. The van der Waals surface area contributed by atoms with Gasteiger partial charge in [0.1, 0.15) is 0 Å². The van der Waals surface area contributed by atoms with Crippen LogP contribution in [0.5, 0.6) is 0 Å². The molecule has 0 aromatic heterocycles. The molecule has 1 N–H and O–H groups in total. The van der Waals surface area contributed by atoms with E-state index in [1.54, 1.807) is 0 Å². The lowest BCUT2D eigenvalue weighted by atomic mass is 10.1. The van der Waals surface area contributed by atoms with Crippen LogP contribution in [0, 0.1) is 6.92 Å². The smallest absolute Gasteiger partial charge is 0.251 e. The lowest BCUT2D eigenvalue weighted by molar-refractivity contribution is 0.0936. The van der Waals surface area contributed by atoms with Crippen molar-refractivity contribution in [1.82, 2.24) is 10.2 Å². The Kier molecular flexibility index (Phi) is 4.97. The molecule has 1 amide bonds. The van der Waals surface area contributed by atoms with E-state index in [-0.39, 0.29) is 5.91 Å². The van der Waals surface area contributed by atoms with Crippen molar-refractivity contribution in [3.05, 3.63) is 35.4 Å². The number of rotatable bonds is 5. The summed E-state index contributed by atoms with van der Waals surface area (Å²) in [7, 11) is 0. The van der Waals surface area contributed by atoms with E-state index in [9.17, 15) is 4.79 Å². The Balaban J connectivity index is 1.90. The van der Waals surface area contributed by atoms with Gasteiger partial charge in [0.15, 0.2) is 0 Å². The molecule has 0 saturated carbocycles. The number of hydrogen-bond donors (Lipinski definition) is 1. The van der Waals surface area contributed by atoms with Crippen molar-refractivity contribution in [2.24, 2.45) is 0 Å². The summed E-state index contributed by atoms with van der Waals surface area (Å²) in [5, 5.41) is 3.09. The third kappa shape index (κ3) is 3.57. The number of nitrogens with one attached hydrogen (secondary N) is 1. The lowest BCUT2D eigenvalue weighted by Gasteiger charge is -2.26. The number of benzene rings is 1. The Hall–Kier alpha value is -1.35. The molecule has 1 atom stereocenters. The van der Waals surface area contributed by atoms with Crippen molar-refractivity contribution in [1.29, 1.82) is 0 Å². The summed E-state index contributed by atoms with van der Waals surface area (Å²) < 4.78 is 0. The molecule has 1 unspecified atom stereocenters. The summed E-state index contributed by atoms with van der Waals surface area (Å²) >= 11 is 0. The average Bonchev–Trinajstić information content (AvgIpc) is 2.94. The van der Waals surface area contributed by atoms with E-state index in [4.69, 9.17) is 0 Å². The highest BCUT2D eigenvalue weighted by atomic mass is 16.1. The fraction of sp³-hybridized carbons (Fsp3) is 0.562. The van der Waals surface area contributed by atoms with Gasteiger partial charge in [0, 0.05) is 18.2 Å². The molecule has 1 aromatic carbocycles. The standard InChI is InChI=1S/C16H24N2O/c1-3-14(18-10-6-7-11-18)12-17-16(19)15-9-5-4-8-13(15)2/h4-5,8-9,14H,3,6-7,10-12H2,1-2H3,(H,17,19). The number of amides is 1. The van der Waals surface area contributed by atoms with E-state index in [0.717, 1.165) is 24.1 Å². The first-order valence-electron chi connectivity index (χ1n) is 7.30. The molecule has 1 heterocycles. The number of carbonyl (C=O) groups is 1. The van der Waals surface area contributed by atoms with Crippen LogP contribution in [0.2, 0.25) is 0 Å². The molecule has 1 fully saturated rings. The van der Waals surface area contributed by atoms with Crippen LogP contribution in [0.4, 0.5) is 0 Å². The molecule has 19 heavy (non-hydrogen) atoms. The minimum absolute atomic E-state index is 0.0516. The number of hydrogen-bond acceptors (Lipinski definition) is 2. The Bertz CT molecular complexity index is 425. The molecule has 0 radical (unpaired) electrons. The average molecular weight is 260 g/mol. The zero-order chi connectivity index (χ0) is 13.7. The summed E-state index contributed by atoms with van der Waals surface area (Å²) in [5.41, 5.74) is 1.83. The van der Waals surface area contributed by atoms with Crippen molar-refractivity contribution in [2.75, 3.05) is 19.6 Å². The summed E-state index contributed by atoms with van der Waals surface area (Å²) in [6.45, 7) is 7.29. The molecule has 1 aliphatic heterocycles. The van der Waals surface area contributed by atoms with Crippen LogP contribution in [0.1, 0.15) is 42.1 Å². The van der Waals surface area contributed by atoms with Crippen molar-refractivity contribution in [3.63, 3.8) is 0 Å². The summed E-state index contributed by atoms with van der Waals surface area (Å²) in [4.78, 5) is 14.7. The first-order valence-corrected chi connectivity index (χ1v) is 7.30. The van der Waals surface area contributed by atoms with Crippen LogP contribution in [-0.2, 0) is 0 Å². The van der Waals surface area contributed by atoms with Gasteiger partial charge in [0.05, 0.1) is 0 Å². The van der Waals surface area contributed by atoms with Gasteiger partial charge in [-0.3, -0.25) is 9.69 Å². The van der Waals surface area contributed by atoms with E-state index < -0.39 is 0 Å². The van der Waals surface area contributed by atoms with Gasteiger partial charge in [-0.25, -0.2) is 0 Å². The van der Waals surface area contributed by atoms with Crippen molar-refractivity contribution < 1.29 is 4.79 Å². The molecular weight excluding hydrogens is 236 g/mol. The van der Waals surface area contributed by atoms with Crippen molar-refractivity contribution in [2.45, 2.75) is 39.2 Å². The maximum absolute atomic E-state index is 12.2. The monoisotopic (exact) mass is 260 g/mol. The Morgan fingerprint density at radius 3 is 2.63 bits per heavy atom. The molecule has 3 heteroatoms. The van der Waals surface area contributed by atoms with E-state index in [1.165, 1.54) is 25.9 Å². The highest BCUT2D eigenvalue weighted by Crippen LogP contribution is 2.14. The van der Waals surface area contributed by atoms with Crippen LogP contribution < -0.4 is 5.32 Å². The summed E-state index contributed by atoms with van der Waals surface area (Å²) in [5.74, 6) is 0.0516. The second kappa shape index (κ2) is 6.71. The SMILES string of the molecule is CCC(CNC(=O)c1ccccc1C)N1CCCC1. The van der Waals surface area contributed by atoms with E-state index in [0.29, 0.717) is 6.04 Å². The number of nitrogens with zero attached hydrogens (tertiary/aromatic N) is 1. The zero-order valence-corrected chi connectivity index (χ0v) is 12.0. The van der Waals surface area contributed by atoms with Crippen LogP contribution in [-0.4, -0.2) is 36.5 Å². The number of aryl methyl sites for hydroxylation is 1. The Morgan fingerprint density at radius 1 is 1.32 bits per heavy atom. The molecule has 0 aliphatic carbocycles. The minimum Gasteiger partial charge on any atom is -0.350 e. The maximum atomic E-state index is 12.2. The van der Waals surface area contributed by atoms with E-state index in [2.05, 4.69) is 17.1 Å². The van der Waals surface area contributed by atoms with Gasteiger partial charge in [0.2, 0.25) is 0 Å². The van der Waals surface area contributed by atoms with Crippen LogP contribution in [0.15, 0.2) is 24.3 Å². The van der Waals surface area contributed by atoms with Crippen molar-refractivity contribution >= 4 is 5.91 Å². The molecule has 2 rings (SSSR count). The molecule has 1 aliphatic rings. The topological polar surface area (TPSA) is 32.3 Å². The summed E-state index contributed by atoms with van der Waals surface area (Å²) in [6, 6.07) is 8.23. The lowest BCUT2D eigenvalue weighted by Crippen LogP contribution is -2.42.